The lowest BCUT2D eigenvalue weighted by molar-refractivity contribution is -0.107. The number of ether oxygens (including phenoxy) is 2. The highest BCUT2D eigenvalue weighted by molar-refractivity contribution is 6.36. The van der Waals surface area contributed by atoms with Crippen molar-refractivity contribution in [1.29, 1.82) is 0 Å². The molecular formula is C39H37NO5. The standard InChI is InChI=1S/C39H37NO5/c1-2-21-44-28-14-18-30-25(23-28)12-16-32-34(30)35-31-19-15-29(45-22-9-4-3-8-20-41)24-26(31)13-17-33(35)37-36(32)38(42)40(39(37)43)27-10-6-5-7-11-27/h5-7,10-11,14-15,18-20,23-24H,2-4,8-9,12-13,16-17,21-22H2,1H3. The van der Waals surface area contributed by atoms with Gasteiger partial charge in [0, 0.05) is 6.42 Å². The Morgan fingerprint density at radius 2 is 1.24 bits per heavy atom. The molecule has 6 nitrogen and oxygen atoms in total. The average molecular weight is 600 g/mol. The summed E-state index contributed by atoms with van der Waals surface area (Å²) in [5.74, 6) is 1.24. The summed E-state index contributed by atoms with van der Waals surface area (Å²) in [5, 5.41) is 0. The van der Waals surface area contributed by atoms with Crippen LogP contribution in [0.3, 0.4) is 0 Å². The van der Waals surface area contributed by atoms with Gasteiger partial charge in [0.1, 0.15) is 17.8 Å². The van der Waals surface area contributed by atoms with Crippen LogP contribution in [0.5, 0.6) is 11.5 Å². The van der Waals surface area contributed by atoms with E-state index < -0.39 is 0 Å². The molecule has 2 amide bonds. The van der Waals surface area contributed by atoms with E-state index in [1.807, 2.05) is 42.5 Å². The Balaban J connectivity index is 1.35. The summed E-state index contributed by atoms with van der Waals surface area (Å²) in [6.45, 7) is 3.38. The van der Waals surface area contributed by atoms with Crippen molar-refractivity contribution in [3.8, 4) is 33.8 Å². The van der Waals surface area contributed by atoms with Crippen molar-refractivity contribution in [2.45, 2.75) is 64.7 Å². The van der Waals surface area contributed by atoms with E-state index >= 15 is 0 Å². The minimum Gasteiger partial charge on any atom is -0.494 e. The highest BCUT2D eigenvalue weighted by atomic mass is 16.5. The number of aldehydes is 1. The maximum absolute atomic E-state index is 14.2. The summed E-state index contributed by atoms with van der Waals surface area (Å²) in [4.78, 5) is 40.3. The molecule has 0 N–H and O–H groups in total. The fraction of sp³-hybridized carbons (Fsp3) is 0.308. The normalized spacial score (nSPS) is 14.3. The summed E-state index contributed by atoms with van der Waals surface area (Å²) in [5.41, 5.74) is 10.5. The number of carbonyl (C=O) groups is 3. The monoisotopic (exact) mass is 599 g/mol. The summed E-state index contributed by atoms with van der Waals surface area (Å²) >= 11 is 0. The van der Waals surface area contributed by atoms with Crippen molar-refractivity contribution in [3.63, 3.8) is 0 Å². The molecule has 2 aliphatic carbocycles. The Morgan fingerprint density at radius 3 is 1.80 bits per heavy atom. The fourth-order valence-electron chi connectivity index (χ4n) is 7.20. The molecule has 0 radical (unpaired) electrons. The number of para-hydroxylation sites is 1. The van der Waals surface area contributed by atoms with Crippen LogP contribution >= 0.6 is 0 Å². The molecule has 0 atom stereocenters. The molecule has 0 saturated carbocycles. The van der Waals surface area contributed by atoms with Crippen LogP contribution in [-0.4, -0.2) is 31.3 Å². The first-order chi connectivity index (χ1) is 22.1. The largest absolute Gasteiger partial charge is 0.494 e. The zero-order chi connectivity index (χ0) is 30.9. The highest BCUT2D eigenvalue weighted by Crippen LogP contribution is 2.51. The van der Waals surface area contributed by atoms with Gasteiger partial charge in [-0.1, -0.05) is 37.3 Å². The maximum atomic E-state index is 14.2. The molecule has 4 aromatic carbocycles. The zero-order valence-electron chi connectivity index (χ0n) is 25.7. The van der Waals surface area contributed by atoms with Crippen molar-refractivity contribution < 1.29 is 23.9 Å². The predicted octanol–water partition coefficient (Wildman–Crippen LogP) is 7.95. The van der Waals surface area contributed by atoms with E-state index in [1.165, 1.54) is 16.0 Å². The number of imide groups is 1. The van der Waals surface area contributed by atoms with E-state index in [-0.39, 0.29) is 11.8 Å². The quantitative estimate of drug-likeness (QED) is 0.0994. The predicted molar refractivity (Wildman–Crippen MR) is 176 cm³/mol. The molecule has 0 saturated heterocycles. The van der Waals surface area contributed by atoms with Crippen LogP contribution in [0.4, 0.5) is 5.69 Å². The SMILES string of the molecule is CCCOc1ccc2c(c1)CCc1c3c(c4c(c1-2)-c1ccc(OCCCCCC=O)cc1CC4)C(=O)N(c1ccccc1)C3=O. The maximum Gasteiger partial charge on any atom is 0.266 e. The Kier molecular flexibility index (Phi) is 7.97. The summed E-state index contributed by atoms with van der Waals surface area (Å²) in [6, 6.07) is 21.9. The van der Waals surface area contributed by atoms with E-state index in [4.69, 9.17) is 9.47 Å². The topological polar surface area (TPSA) is 72.9 Å². The number of hydrogen-bond donors (Lipinski definition) is 0. The van der Waals surface area contributed by atoms with Crippen molar-refractivity contribution in [2.75, 3.05) is 18.1 Å². The van der Waals surface area contributed by atoms with Crippen LogP contribution in [0.15, 0.2) is 66.7 Å². The van der Waals surface area contributed by atoms with Crippen LogP contribution in [0.2, 0.25) is 0 Å². The number of aryl methyl sites for hydroxylation is 2. The van der Waals surface area contributed by atoms with Crippen LogP contribution < -0.4 is 14.4 Å². The molecule has 6 heteroatoms. The summed E-state index contributed by atoms with van der Waals surface area (Å²) < 4.78 is 12.1. The Labute approximate surface area is 264 Å². The van der Waals surface area contributed by atoms with E-state index in [0.29, 0.717) is 49.3 Å². The first kappa shape index (κ1) is 29.0. The lowest BCUT2D eigenvalue weighted by Gasteiger charge is -2.31. The molecule has 1 aliphatic heterocycles. The minimum absolute atomic E-state index is 0.228. The van der Waals surface area contributed by atoms with E-state index in [9.17, 15) is 14.4 Å². The molecule has 0 bridgehead atoms. The number of anilines is 1. The molecule has 228 valence electrons. The lowest BCUT2D eigenvalue weighted by Crippen LogP contribution is -2.29. The van der Waals surface area contributed by atoms with Gasteiger partial charge in [-0.25, -0.2) is 4.90 Å². The molecule has 0 spiro atoms. The molecule has 0 aromatic heterocycles. The molecule has 7 rings (SSSR count). The van der Waals surface area contributed by atoms with Crippen molar-refractivity contribution >= 4 is 23.8 Å². The van der Waals surface area contributed by atoms with Gasteiger partial charge in [0.05, 0.1) is 30.0 Å². The average Bonchev–Trinajstić information content (AvgIpc) is 3.34. The van der Waals surface area contributed by atoms with E-state index in [1.54, 1.807) is 0 Å². The van der Waals surface area contributed by atoms with Gasteiger partial charge >= 0.3 is 0 Å². The number of unbranched alkanes of at least 4 members (excludes halogenated alkanes) is 3. The van der Waals surface area contributed by atoms with Gasteiger partial charge in [-0.15, -0.1) is 0 Å². The first-order valence-corrected chi connectivity index (χ1v) is 16.2. The molecule has 3 aliphatic rings. The molecule has 0 unspecified atom stereocenters. The lowest BCUT2D eigenvalue weighted by atomic mass is 9.72. The Hall–Kier alpha value is -4.71. The number of fused-ring (bicyclic) bond motifs is 10. The third kappa shape index (κ3) is 5.12. The third-order valence-electron chi connectivity index (χ3n) is 9.24. The number of benzene rings is 4. The van der Waals surface area contributed by atoms with E-state index in [2.05, 4.69) is 31.2 Å². The number of rotatable bonds is 11. The number of hydrogen-bond acceptors (Lipinski definition) is 5. The number of amides is 2. The van der Waals surface area contributed by atoms with Gasteiger partial charge < -0.3 is 14.3 Å². The van der Waals surface area contributed by atoms with Gasteiger partial charge in [0.25, 0.3) is 11.8 Å². The molecule has 0 fully saturated rings. The van der Waals surface area contributed by atoms with Gasteiger partial charge in [0.15, 0.2) is 0 Å². The second-order valence-corrected chi connectivity index (χ2v) is 12.1. The van der Waals surface area contributed by atoms with Crippen LogP contribution in [0, 0.1) is 0 Å². The third-order valence-corrected chi connectivity index (χ3v) is 9.24. The second kappa shape index (κ2) is 12.4. The fourth-order valence-corrected chi connectivity index (χ4v) is 7.20. The summed E-state index contributed by atoms with van der Waals surface area (Å²) in [7, 11) is 0. The van der Waals surface area contributed by atoms with Gasteiger partial charge in [-0.3, -0.25) is 9.59 Å². The van der Waals surface area contributed by atoms with Gasteiger partial charge in [-0.2, -0.15) is 0 Å². The van der Waals surface area contributed by atoms with Crippen LogP contribution in [-0.2, 0) is 30.5 Å². The smallest absolute Gasteiger partial charge is 0.266 e. The first-order valence-electron chi connectivity index (χ1n) is 16.2. The molecule has 45 heavy (non-hydrogen) atoms. The number of carbonyl (C=O) groups excluding carboxylic acids is 3. The van der Waals surface area contributed by atoms with Crippen molar-refractivity contribution in [1.82, 2.24) is 0 Å². The van der Waals surface area contributed by atoms with Crippen molar-refractivity contribution in [3.05, 3.63) is 100 Å². The zero-order valence-corrected chi connectivity index (χ0v) is 25.7. The summed E-state index contributed by atoms with van der Waals surface area (Å²) in [6.07, 6.45) is 8.14. The second-order valence-electron chi connectivity index (χ2n) is 12.1. The van der Waals surface area contributed by atoms with Crippen LogP contribution in [0.1, 0.15) is 82.0 Å². The Morgan fingerprint density at radius 1 is 0.667 bits per heavy atom. The Bertz CT molecular complexity index is 1810. The van der Waals surface area contributed by atoms with Crippen LogP contribution in [0.25, 0.3) is 22.3 Å². The molecular weight excluding hydrogens is 562 g/mol. The minimum atomic E-state index is -0.229. The highest BCUT2D eigenvalue weighted by Gasteiger charge is 2.44. The van der Waals surface area contributed by atoms with E-state index in [0.717, 1.165) is 89.7 Å². The van der Waals surface area contributed by atoms with Gasteiger partial charge in [-0.05, 0) is 132 Å². The molecule has 4 aromatic rings. The van der Waals surface area contributed by atoms with Crippen molar-refractivity contribution in [2.24, 2.45) is 0 Å². The molecule has 1 heterocycles. The number of nitrogens with zero attached hydrogens (tertiary/aromatic N) is 1. The van der Waals surface area contributed by atoms with Gasteiger partial charge in [0.2, 0.25) is 0 Å².